The topological polar surface area (TPSA) is 105 Å². The molecule has 482 valence electrons. The zero-order valence-corrected chi connectivity index (χ0v) is 56.2. The monoisotopic (exact) mass is 1160 g/mol. The van der Waals surface area contributed by atoms with Crippen LogP contribution in [0.3, 0.4) is 0 Å². The summed E-state index contributed by atoms with van der Waals surface area (Å²) >= 11 is 0. The van der Waals surface area contributed by atoms with Crippen molar-refractivity contribution in [2.75, 3.05) is 40.9 Å². The van der Waals surface area contributed by atoms with Crippen molar-refractivity contribution in [3.63, 3.8) is 0 Å². The maximum absolute atomic E-state index is 13.1. The number of rotatable bonds is 68. The Morgan fingerprint density at radius 1 is 0.407 bits per heavy atom. The van der Waals surface area contributed by atoms with Gasteiger partial charge < -0.3 is 19.8 Å². The number of nitrogens with one attached hydrogen (secondary N) is 1. The van der Waals surface area contributed by atoms with Crippen LogP contribution in [0.25, 0.3) is 0 Å². The van der Waals surface area contributed by atoms with Gasteiger partial charge in [-0.3, -0.25) is 13.8 Å². The molecule has 0 saturated heterocycles. The van der Waals surface area contributed by atoms with Gasteiger partial charge in [0.05, 0.1) is 39.9 Å². The van der Waals surface area contributed by atoms with Crippen LogP contribution in [-0.2, 0) is 18.4 Å². The van der Waals surface area contributed by atoms with Gasteiger partial charge in [0.1, 0.15) is 13.2 Å². The minimum absolute atomic E-state index is 0.0647. The predicted molar refractivity (Wildman–Crippen MR) is 355 cm³/mol. The SMILES string of the molecule is CCCCCCCCCC/C=C\CCCCCCCCCCCCCCCCCCCCCCCCCC(=O)NC(COP(=O)(O)OCC[N+](C)(C)C)C(O)/C=C/CCCCCCCCCCCCCCCCCCCCCCCC. The highest BCUT2D eigenvalue weighted by atomic mass is 31.2. The maximum atomic E-state index is 13.1. The first-order valence-corrected chi connectivity index (χ1v) is 37.7. The van der Waals surface area contributed by atoms with Gasteiger partial charge in [-0.25, -0.2) is 4.57 Å². The van der Waals surface area contributed by atoms with Crippen molar-refractivity contribution in [3.05, 3.63) is 24.3 Å². The summed E-state index contributed by atoms with van der Waals surface area (Å²) in [6, 6.07) is -0.845. The van der Waals surface area contributed by atoms with Crippen molar-refractivity contribution in [2.45, 2.75) is 392 Å². The number of hydrogen-bond acceptors (Lipinski definition) is 5. The molecule has 8 nitrogen and oxygen atoms in total. The van der Waals surface area contributed by atoms with Gasteiger partial charge >= 0.3 is 7.82 Å². The van der Waals surface area contributed by atoms with E-state index in [1.165, 1.54) is 327 Å². The molecule has 0 radical (unpaired) electrons. The lowest BCUT2D eigenvalue weighted by Gasteiger charge is -2.25. The Labute approximate surface area is 506 Å². The third-order valence-corrected chi connectivity index (χ3v) is 17.9. The highest BCUT2D eigenvalue weighted by molar-refractivity contribution is 7.47. The number of carbonyl (C=O) groups excluding carboxylic acids is 1. The number of nitrogens with zero attached hydrogens (tertiary/aromatic N) is 1. The predicted octanol–water partition coefficient (Wildman–Crippen LogP) is 23.1. The second kappa shape index (κ2) is 63.5. The van der Waals surface area contributed by atoms with Crippen molar-refractivity contribution >= 4 is 13.7 Å². The first kappa shape index (κ1) is 80.0. The van der Waals surface area contributed by atoms with Gasteiger partial charge in [-0.1, -0.05) is 353 Å². The number of amides is 1. The lowest BCUT2D eigenvalue weighted by Crippen LogP contribution is -2.45. The number of hydrogen-bond donors (Lipinski definition) is 3. The van der Waals surface area contributed by atoms with E-state index in [4.69, 9.17) is 9.05 Å². The zero-order valence-electron chi connectivity index (χ0n) is 55.3. The summed E-state index contributed by atoms with van der Waals surface area (Å²) in [5.74, 6) is -0.168. The molecule has 0 saturated carbocycles. The van der Waals surface area contributed by atoms with Crippen LogP contribution in [0.2, 0.25) is 0 Å². The zero-order chi connectivity index (χ0) is 59.1. The average molecular weight is 1160 g/mol. The molecule has 0 fully saturated rings. The number of likely N-dealkylation sites (N-methyl/N-ethyl adjacent to an activating group) is 1. The molecular weight excluding hydrogens is 1020 g/mol. The second-order valence-electron chi connectivity index (χ2n) is 26.3. The molecular formula is C72H144N2O6P+. The molecule has 3 unspecified atom stereocenters. The highest BCUT2D eigenvalue weighted by Crippen LogP contribution is 2.43. The highest BCUT2D eigenvalue weighted by Gasteiger charge is 2.28. The average Bonchev–Trinajstić information content (AvgIpc) is 3.43. The van der Waals surface area contributed by atoms with Crippen molar-refractivity contribution in [2.24, 2.45) is 0 Å². The van der Waals surface area contributed by atoms with Gasteiger partial charge in [0.2, 0.25) is 5.91 Å². The van der Waals surface area contributed by atoms with E-state index in [9.17, 15) is 19.4 Å². The molecule has 0 aromatic carbocycles. The summed E-state index contributed by atoms with van der Waals surface area (Å²) in [6.07, 6.45) is 83.4. The van der Waals surface area contributed by atoms with Crippen LogP contribution in [0.5, 0.6) is 0 Å². The molecule has 0 aromatic heterocycles. The smallest absolute Gasteiger partial charge is 0.387 e. The van der Waals surface area contributed by atoms with E-state index in [0.29, 0.717) is 17.4 Å². The molecule has 0 bridgehead atoms. The number of aliphatic hydroxyl groups is 1. The van der Waals surface area contributed by atoms with Crippen LogP contribution in [0.1, 0.15) is 380 Å². The Kier molecular flexibility index (Phi) is 62.7. The van der Waals surface area contributed by atoms with E-state index >= 15 is 0 Å². The normalized spacial score (nSPS) is 13.7. The van der Waals surface area contributed by atoms with Gasteiger partial charge in [-0.05, 0) is 44.9 Å². The van der Waals surface area contributed by atoms with Crippen LogP contribution >= 0.6 is 7.82 Å². The Balaban J connectivity index is 3.98. The molecule has 3 atom stereocenters. The molecule has 0 aliphatic carbocycles. The Morgan fingerprint density at radius 3 is 0.951 bits per heavy atom. The Bertz CT molecular complexity index is 1370. The molecule has 0 aromatic rings. The molecule has 1 amide bonds. The first-order valence-electron chi connectivity index (χ1n) is 36.2. The van der Waals surface area contributed by atoms with Gasteiger partial charge in [0.15, 0.2) is 0 Å². The van der Waals surface area contributed by atoms with Crippen LogP contribution < -0.4 is 5.32 Å². The maximum Gasteiger partial charge on any atom is 0.472 e. The fourth-order valence-corrected chi connectivity index (χ4v) is 12.0. The second-order valence-corrected chi connectivity index (χ2v) is 27.8. The van der Waals surface area contributed by atoms with E-state index in [1.807, 2.05) is 27.2 Å². The number of aliphatic hydroxyl groups excluding tert-OH is 1. The van der Waals surface area contributed by atoms with E-state index in [-0.39, 0.29) is 19.1 Å². The summed E-state index contributed by atoms with van der Waals surface area (Å²) < 4.78 is 23.8. The molecule has 0 rings (SSSR count). The van der Waals surface area contributed by atoms with Crippen molar-refractivity contribution < 1.29 is 32.9 Å². The van der Waals surface area contributed by atoms with Crippen molar-refractivity contribution in [1.82, 2.24) is 5.32 Å². The summed E-state index contributed by atoms with van der Waals surface area (Å²) in [7, 11) is 1.59. The van der Waals surface area contributed by atoms with Crippen LogP contribution in [0.4, 0.5) is 0 Å². The van der Waals surface area contributed by atoms with Crippen molar-refractivity contribution in [1.29, 1.82) is 0 Å². The molecule has 0 aliphatic heterocycles. The van der Waals surface area contributed by atoms with Gasteiger partial charge in [-0.15, -0.1) is 0 Å². The quantitative estimate of drug-likeness (QED) is 0.0243. The van der Waals surface area contributed by atoms with E-state index in [1.54, 1.807) is 6.08 Å². The molecule has 3 N–H and O–H groups in total. The summed E-state index contributed by atoms with van der Waals surface area (Å²) in [6.45, 7) is 4.88. The minimum atomic E-state index is -4.35. The third-order valence-electron chi connectivity index (χ3n) is 16.9. The molecule has 0 heterocycles. The lowest BCUT2D eigenvalue weighted by atomic mass is 10.0. The summed E-state index contributed by atoms with van der Waals surface area (Å²) in [5, 5.41) is 14.0. The van der Waals surface area contributed by atoms with Gasteiger partial charge in [-0.2, -0.15) is 0 Å². The number of carbonyl (C=O) groups is 1. The number of phosphoric acid groups is 1. The number of allylic oxidation sites excluding steroid dienone is 3. The molecule has 0 spiro atoms. The fourth-order valence-electron chi connectivity index (χ4n) is 11.3. The molecule has 81 heavy (non-hydrogen) atoms. The van der Waals surface area contributed by atoms with Gasteiger partial charge in [0.25, 0.3) is 0 Å². The molecule has 9 heteroatoms. The first-order chi connectivity index (χ1) is 39.5. The number of unbranched alkanes of at least 4 members (excludes halogenated alkanes) is 53. The van der Waals surface area contributed by atoms with E-state index in [2.05, 4.69) is 31.3 Å². The summed E-state index contributed by atoms with van der Waals surface area (Å²) in [4.78, 5) is 23.4. The van der Waals surface area contributed by atoms with Crippen LogP contribution in [0.15, 0.2) is 24.3 Å². The van der Waals surface area contributed by atoms with E-state index < -0.39 is 20.0 Å². The standard InChI is InChI=1S/C72H143N2O6P/c1-6-8-10-12-14-16-18-20-22-24-26-28-30-32-33-34-35-36-37-38-39-40-41-42-44-46-48-50-52-54-56-58-60-62-64-66-72(76)73-70(69-80-81(77,78)79-68-67-74(3,4)5)71(75)65-63-61-59-57-55-53-51-49-47-45-43-31-29-27-25-23-21-19-17-15-13-11-9-7-2/h24,26,63,65,70-71,75H,6-23,25,27-62,64,66-69H2,1-5H3,(H-,73,76,77,78)/p+1/b26-24-,65-63+. The Morgan fingerprint density at radius 2 is 0.667 bits per heavy atom. The van der Waals surface area contributed by atoms with Crippen LogP contribution in [0, 0.1) is 0 Å². The Hall–Kier alpha value is -1.02. The lowest BCUT2D eigenvalue weighted by molar-refractivity contribution is -0.870. The minimum Gasteiger partial charge on any atom is -0.387 e. The van der Waals surface area contributed by atoms with Gasteiger partial charge in [0, 0.05) is 6.42 Å². The summed E-state index contributed by atoms with van der Waals surface area (Å²) in [5.41, 5.74) is 0. The van der Waals surface area contributed by atoms with Crippen molar-refractivity contribution in [3.8, 4) is 0 Å². The van der Waals surface area contributed by atoms with Crippen LogP contribution in [-0.4, -0.2) is 73.4 Å². The number of quaternary nitrogens is 1. The largest absolute Gasteiger partial charge is 0.472 e. The fraction of sp³-hybridized carbons (Fsp3) is 0.931. The molecule has 0 aliphatic rings. The van der Waals surface area contributed by atoms with E-state index in [0.717, 1.165) is 32.1 Å². The third kappa shape index (κ3) is 66.4. The number of phosphoric ester groups is 1.